The molecule has 128 valence electrons. The molecule has 0 bridgehead atoms. The van der Waals surface area contributed by atoms with Gasteiger partial charge < -0.3 is 9.90 Å². The second kappa shape index (κ2) is 19.6. The van der Waals surface area contributed by atoms with Gasteiger partial charge in [-0.2, -0.15) is 0 Å². The fourth-order valence-electron chi connectivity index (χ4n) is 2.21. The van der Waals surface area contributed by atoms with E-state index in [1.54, 1.807) is 0 Å². The third-order valence-corrected chi connectivity index (χ3v) is 3.64. The molecule has 0 atom stereocenters. The van der Waals surface area contributed by atoms with Crippen molar-refractivity contribution in [3.05, 3.63) is 24.3 Å². The second-order valence-electron chi connectivity index (χ2n) is 5.82. The van der Waals surface area contributed by atoms with Gasteiger partial charge in [-0.3, -0.25) is 4.90 Å². The summed E-state index contributed by atoms with van der Waals surface area (Å²) in [5, 5.41) is 10.6. The largest absolute Gasteiger partial charge is 1.00 e. The molecule has 0 heterocycles. The third kappa shape index (κ3) is 19.5. The Morgan fingerprint density at radius 2 is 1.35 bits per heavy atom. The number of unbranched alkanes of at least 4 members (excludes halogenated alkanes) is 6. The number of hydrogen-bond acceptors (Lipinski definition) is 3. The molecule has 0 fully saturated rings. The third-order valence-electron chi connectivity index (χ3n) is 3.64. The van der Waals surface area contributed by atoms with Crippen LogP contribution in [-0.4, -0.2) is 30.5 Å². The molecule has 0 N–H and O–H groups in total. The van der Waals surface area contributed by atoms with Gasteiger partial charge in [0.2, 0.25) is 0 Å². The molecule has 0 spiro atoms. The molecule has 0 aliphatic heterocycles. The van der Waals surface area contributed by atoms with Crippen LogP contribution >= 0.6 is 0 Å². The van der Waals surface area contributed by atoms with Gasteiger partial charge in [-0.05, 0) is 32.1 Å². The SMILES string of the molecule is CCCCC/C=C/CN(C/C=C/CCCCC)CCC(=O)[O-].[Li+]. The summed E-state index contributed by atoms with van der Waals surface area (Å²) < 4.78 is 0. The summed E-state index contributed by atoms with van der Waals surface area (Å²) in [7, 11) is 0. The van der Waals surface area contributed by atoms with E-state index in [9.17, 15) is 9.90 Å². The van der Waals surface area contributed by atoms with Crippen molar-refractivity contribution in [1.82, 2.24) is 4.90 Å². The van der Waals surface area contributed by atoms with Crippen molar-refractivity contribution in [2.75, 3.05) is 19.6 Å². The Bertz CT molecular complexity index is 294. The summed E-state index contributed by atoms with van der Waals surface area (Å²) >= 11 is 0. The zero-order valence-electron chi connectivity index (χ0n) is 15.6. The number of carbonyl (C=O) groups is 1. The quantitative estimate of drug-likeness (QED) is 0.254. The molecule has 0 amide bonds. The molecule has 0 aromatic rings. The maximum atomic E-state index is 10.6. The van der Waals surface area contributed by atoms with Gasteiger partial charge in [-0.1, -0.05) is 63.8 Å². The van der Waals surface area contributed by atoms with Crippen LogP contribution in [0.2, 0.25) is 0 Å². The average Bonchev–Trinajstić information content (AvgIpc) is 2.50. The normalized spacial score (nSPS) is 11.4. The molecular formula is C19H34LiNO2. The minimum absolute atomic E-state index is 0. The van der Waals surface area contributed by atoms with Crippen molar-refractivity contribution in [2.24, 2.45) is 0 Å². The van der Waals surface area contributed by atoms with Crippen LogP contribution in [0.3, 0.4) is 0 Å². The Morgan fingerprint density at radius 3 is 1.74 bits per heavy atom. The van der Waals surface area contributed by atoms with Crippen LogP contribution in [0.1, 0.15) is 71.6 Å². The van der Waals surface area contributed by atoms with E-state index in [4.69, 9.17) is 0 Å². The Labute approximate surface area is 155 Å². The minimum atomic E-state index is -0.969. The van der Waals surface area contributed by atoms with Crippen LogP contribution in [0, 0.1) is 0 Å². The topological polar surface area (TPSA) is 43.4 Å². The molecule has 0 radical (unpaired) electrons. The molecule has 3 nitrogen and oxygen atoms in total. The Hall–Kier alpha value is -0.493. The summed E-state index contributed by atoms with van der Waals surface area (Å²) in [6.07, 6.45) is 18.6. The van der Waals surface area contributed by atoms with Gasteiger partial charge in [0.1, 0.15) is 0 Å². The molecule has 0 aromatic heterocycles. The number of rotatable bonds is 15. The van der Waals surface area contributed by atoms with Crippen LogP contribution < -0.4 is 24.0 Å². The predicted octanol–water partition coefficient (Wildman–Crippen LogP) is 0.705. The van der Waals surface area contributed by atoms with E-state index < -0.39 is 5.97 Å². The van der Waals surface area contributed by atoms with Crippen molar-refractivity contribution in [3.8, 4) is 0 Å². The molecule has 0 unspecified atom stereocenters. The predicted molar refractivity (Wildman–Crippen MR) is 92.6 cm³/mol. The van der Waals surface area contributed by atoms with E-state index in [0.717, 1.165) is 25.9 Å². The van der Waals surface area contributed by atoms with Gasteiger partial charge in [0.25, 0.3) is 0 Å². The summed E-state index contributed by atoms with van der Waals surface area (Å²) in [6, 6.07) is 0. The van der Waals surface area contributed by atoms with E-state index in [1.165, 1.54) is 38.5 Å². The zero-order chi connectivity index (χ0) is 16.5. The van der Waals surface area contributed by atoms with Crippen LogP contribution in [-0.2, 0) is 4.79 Å². The van der Waals surface area contributed by atoms with Crippen LogP contribution in [0.5, 0.6) is 0 Å². The number of aliphatic carboxylic acids is 1. The molecule has 0 aromatic carbocycles. The van der Waals surface area contributed by atoms with Crippen LogP contribution in [0.25, 0.3) is 0 Å². The molecule has 0 aliphatic carbocycles. The van der Waals surface area contributed by atoms with E-state index in [2.05, 4.69) is 43.1 Å². The Kier molecular flexibility index (Phi) is 21.0. The van der Waals surface area contributed by atoms with Crippen molar-refractivity contribution >= 4 is 5.97 Å². The Balaban J connectivity index is 0. The van der Waals surface area contributed by atoms with E-state index in [0.29, 0.717) is 6.54 Å². The zero-order valence-corrected chi connectivity index (χ0v) is 15.6. The molecule has 4 heteroatoms. The fourth-order valence-corrected chi connectivity index (χ4v) is 2.21. The molecule has 0 saturated heterocycles. The van der Waals surface area contributed by atoms with Crippen LogP contribution in [0.4, 0.5) is 0 Å². The van der Waals surface area contributed by atoms with Gasteiger partial charge in [0.15, 0.2) is 0 Å². The van der Waals surface area contributed by atoms with E-state index in [-0.39, 0.29) is 25.3 Å². The van der Waals surface area contributed by atoms with Crippen LogP contribution in [0.15, 0.2) is 24.3 Å². The van der Waals surface area contributed by atoms with Crippen molar-refractivity contribution in [1.29, 1.82) is 0 Å². The second-order valence-corrected chi connectivity index (χ2v) is 5.82. The summed E-state index contributed by atoms with van der Waals surface area (Å²) in [5.41, 5.74) is 0. The minimum Gasteiger partial charge on any atom is -0.550 e. The maximum Gasteiger partial charge on any atom is 1.00 e. The first-order chi connectivity index (χ1) is 10.7. The average molecular weight is 315 g/mol. The molecular weight excluding hydrogens is 281 g/mol. The first kappa shape index (κ1) is 24.8. The molecule has 0 saturated carbocycles. The summed E-state index contributed by atoms with van der Waals surface area (Å²) in [4.78, 5) is 12.8. The number of carboxylic acid groups (broad SMARTS) is 1. The first-order valence-corrected chi connectivity index (χ1v) is 8.92. The summed E-state index contributed by atoms with van der Waals surface area (Å²) in [5.74, 6) is -0.969. The number of carbonyl (C=O) groups excluding carboxylic acids is 1. The van der Waals surface area contributed by atoms with E-state index >= 15 is 0 Å². The van der Waals surface area contributed by atoms with E-state index in [1.807, 2.05) is 0 Å². The molecule has 0 aliphatic rings. The molecule has 23 heavy (non-hydrogen) atoms. The molecule has 0 rings (SSSR count). The van der Waals surface area contributed by atoms with Crippen molar-refractivity contribution < 1.29 is 28.8 Å². The van der Waals surface area contributed by atoms with Gasteiger partial charge >= 0.3 is 18.9 Å². The fraction of sp³-hybridized carbons (Fsp3) is 0.737. The summed E-state index contributed by atoms with van der Waals surface area (Å²) in [6.45, 7) is 6.61. The van der Waals surface area contributed by atoms with Crippen molar-refractivity contribution in [3.63, 3.8) is 0 Å². The number of hydrogen-bond donors (Lipinski definition) is 0. The first-order valence-electron chi connectivity index (χ1n) is 8.92. The number of nitrogens with zero attached hydrogens (tertiary/aromatic N) is 1. The standard InChI is InChI=1S/C19H35NO2.Li/c1-3-5-7-9-11-13-16-20(18-15-19(21)22)17-14-12-10-8-6-4-2;/h11-14H,3-10,15-18H2,1-2H3,(H,21,22);/q;+1/p-1/b13-11+,14-12+;. The number of allylic oxidation sites excluding steroid dienone is 2. The Morgan fingerprint density at radius 1 is 0.870 bits per heavy atom. The van der Waals surface area contributed by atoms with Gasteiger partial charge in [-0.15, -0.1) is 0 Å². The van der Waals surface area contributed by atoms with Gasteiger partial charge in [0.05, 0.1) is 0 Å². The smallest absolute Gasteiger partial charge is 0.550 e. The van der Waals surface area contributed by atoms with Crippen molar-refractivity contribution in [2.45, 2.75) is 71.6 Å². The monoisotopic (exact) mass is 315 g/mol. The maximum absolute atomic E-state index is 10.6. The number of carboxylic acids is 1. The van der Waals surface area contributed by atoms with Gasteiger partial charge in [0, 0.05) is 25.6 Å². The van der Waals surface area contributed by atoms with Gasteiger partial charge in [-0.25, -0.2) is 0 Å².